The van der Waals surface area contributed by atoms with Gasteiger partial charge in [0.05, 0.1) is 26.4 Å². The predicted molar refractivity (Wildman–Crippen MR) is 150 cm³/mol. The van der Waals surface area contributed by atoms with Crippen LogP contribution in [-0.4, -0.2) is 57.2 Å². The minimum Gasteiger partial charge on any atom is -0.325 e. The van der Waals surface area contributed by atoms with Crippen LogP contribution < -0.4 is 0 Å². The quantitative estimate of drug-likeness (QED) is 0.128. The van der Waals surface area contributed by atoms with Crippen molar-refractivity contribution in [3.05, 3.63) is 35.9 Å². The second kappa shape index (κ2) is 18.8. The first kappa shape index (κ1) is 32.6. The van der Waals surface area contributed by atoms with Crippen LogP contribution in [0.15, 0.2) is 30.3 Å². The van der Waals surface area contributed by atoms with Gasteiger partial charge in [0.1, 0.15) is 6.54 Å². The molecular formula is C27H52BrN2O2S+. The molecule has 0 unspecified atom stereocenters. The van der Waals surface area contributed by atoms with Gasteiger partial charge in [-0.2, -0.15) is 0 Å². The van der Waals surface area contributed by atoms with E-state index in [0.717, 1.165) is 36.8 Å². The summed E-state index contributed by atoms with van der Waals surface area (Å²) in [6, 6.07) is 10.5. The molecule has 1 aromatic rings. The number of benzene rings is 1. The number of halogens is 1. The van der Waals surface area contributed by atoms with Crippen molar-refractivity contribution in [2.45, 2.75) is 96.9 Å². The number of unbranched alkanes of at least 4 members (excludes halogenated alkanes) is 11. The molecule has 0 aromatic heterocycles. The highest BCUT2D eigenvalue weighted by Gasteiger charge is 2.20. The first-order valence-electron chi connectivity index (χ1n) is 13.1. The van der Waals surface area contributed by atoms with E-state index in [1.54, 1.807) is 11.4 Å². The number of sulfonamides is 1. The molecular weight excluding hydrogens is 496 g/mol. The fraction of sp³-hybridized carbons (Fsp3) is 0.778. The van der Waals surface area contributed by atoms with Crippen LogP contribution in [0.2, 0.25) is 0 Å². The van der Waals surface area contributed by atoms with Gasteiger partial charge >= 0.3 is 0 Å². The molecule has 194 valence electrons. The van der Waals surface area contributed by atoms with E-state index in [2.05, 4.69) is 45.3 Å². The zero-order valence-corrected chi connectivity index (χ0v) is 24.5. The molecule has 4 nitrogen and oxygen atoms in total. The summed E-state index contributed by atoms with van der Waals surface area (Å²) in [4.78, 5) is 0. The monoisotopic (exact) mass is 547 g/mol. The lowest BCUT2D eigenvalue weighted by Gasteiger charge is -2.30. The van der Waals surface area contributed by atoms with E-state index < -0.39 is 10.0 Å². The zero-order chi connectivity index (χ0) is 23.7. The molecule has 6 heteroatoms. The van der Waals surface area contributed by atoms with Crippen LogP contribution in [0.5, 0.6) is 0 Å². The van der Waals surface area contributed by atoms with Crippen molar-refractivity contribution in [2.24, 2.45) is 0 Å². The van der Waals surface area contributed by atoms with E-state index in [1.807, 2.05) is 6.07 Å². The van der Waals surface area contributed by atoms with Crippen LogP contribution in [0.4, 0.5) is 0 Å². The molecule has 33 heavy (non-hydrogen) atoms. The number of rotatable bonds is 20. The van der Waals surface area contributed by atoms with Crippen molar-refractivity contribution in [2.75, 3.05) is 40.0 Å². The second-order valence-corrected chi connectivity index (χ2v) is 12.4. The van der Waals surface area contributed by atoms with Gasteiger partial charge in [-0.05, 0) is 6.42 Å². The summed E-state index contributed by atoms with van der Waals surface area (Å²) in [6.07, 6.45) is 16.0. The smallest absolute Gasteiger partial charge is 0.213 e. The maximum atomic E-state index is 12.6. The molecule has 0 aliphatic carbocycles. The standard InChI is InChI=1S/C27H51N2O2S.BrH/c1-5-6-7-8-9-10-11-12-13-14-15-19-25-32(30,31)28(2)23-20-24-29(3,4)26-27-21-17-16-18-22-27;/h16-18,21-22H,5-15,19-20,23-26H2,1-4H3;1H/q+1;. The Labute approximate surface area is 216 Å². The molecule has 0 bridgehead atoms. The molecule has 0 fully saturated rings. The third-order valence-corrected chi connectivity index (χ3v) is 8.36. The number of nitrogens with zero attached hydrogens (tertiary/aromatic N) is 2. The number of quaternary nitrogens is 1. The van der Waals surface area contributed by atoms with Crippen LogP contribution >= 0.6 is 17.0 Å². The minimum atomic E-state index is -3.12. The Kier molecular flexibility index (Phi) is 18.6. The van der Waals surface area contributed by atoms with Crippen molar-refractivity contribution in [3.63, 3.8) is 0 Å². The number of hydrogen-bond acceptors (Lipinski definition) is 2. The largest absolute Gasteiger partial charge is 0.325 e. The normalized spacial score (nSPS) is 12.2. The average molecular weight is 549 g/mol. The zero-order valence-electron chi connectivity index (χ0n) is 21.9. The highest BCUT2D eigenvalue weighted by molar-refractivity contribution is 8.93. The van der Waals surface area contributed by atoms with Crippen LogP contribution in [0.1, 0.15) is 96.0 Å². The highest BCUT2D eigenvalue weighted by Crippen LogP contribution is 2.14. The van der Waals surface area contributed by atoms with E-state index in [9.17, 15) is 8.42 Å². The van der Waals surface area contributed by atoms with Crippen LogP contribution in [0.3, 0.4) is 0 Å². The summed E-state index contributed by atoms with van der Waals surface area (Å²) >= 11 is 0. The van der Waals surface area contributed by atoms with Crippen molar-refractivity contribution in [1.82, 2.24) is 4.31 Å². The molecule has 0 aliphatic heterocycles. The van der Waals surface area contributed by atoms with Gasteiger partial charge in [0, 0.05) is 25.6 Å². The Balaban J connectivity index is 0.0000102. The van der Waals surface area contributed by atoms with Crippen LogP contribution in [0, 0.1) is 0 Å². The van der Waals surface area contributed by atoms with Crippen molar-refractivity contribution < 1.29 is 12.9 Å². The lowest BCUT2D eigenvalue weighted by molar-refractivity contribution is -0.903. The molecule has 0 N–H and O–H groups in total. The van der Waals surface area contributed by atoms with E-state index in [-0.39, 0.29) is 17.0 Å². The van der Waals surface area contributed by atoms with Gasteiger partial charge in [-0.15, -0.1) is 17.0 Å². The second-order valence-electron chi connectivity index (χ2n) is 10.2. The fourth-order valence-electron chi connectivity index (χ4n) is 4.30. The Morgan fingerprint density at radius 1 is 0.758 bits per heavy atom. The van der Waals surface area contributed by atoms with Crippen molar-refractivity contribution in [3.8, 4) is 0 Å². The first-order chi connectivity index (χ1) is 15.3. The number of hydrogen-bond donors (Lipinski definition) is 0. The van der Waals surface area contributed by atoms with Gasteiger partial charge in [-0.1, -0.05) is 108 Å². The van der Waals surface area contributed by atoms with Gasteiger partial charge in [-0.25, -0.2) is 12.7 Å². The topological polar surface area (TPSA) is 37.4 Å². The molecule has 0 aliphatic rings. The molecule has 0 saturated heterocycles. The van der Waals surface area contributed by atoms with E-state index in [1.165, 1.54) is 69.8 Å². The van der Waals surface area contributed by atoms with E-state index >= 15 is 0 Å². The summed E-state index contributed by atoms with van der Waals surface area (Å²) in [5.41, 5.74) is 1.32. The maximum absolute atomic E-state index is 12.6. The lowest BCUT2D eigenvalue weighted by Crippen LogP contribution is -2.41. The van der Waals surface area contributed by atoms with Crippen LogP contribution in [-0.2, 0) is 16.6 Å². The first-order valence-corrected chi connectivity index (χ1v) is 14.7. The minimum absolute atomic E-state index is 0. The van der Waals surface area contributed by atoms with E-state index in [0.29, 0.717) is 12.3 Å². The Bertz CT molecular complexity index is 681. The SMILES string of the molecule is Br.CCCCCCCCCCCCCCS(=O)(=O)N(C)CCC[N+](C)(C)Cc1ccccc1. The van der Waals surface area contributed by atoms with Gasteiger partial charge in [0.25, 0.3) is 0 Å². The lowest BCUT2D eigenvalue weighted by atomic mass is 10.1. The summed E-state index contributed by atoms with van der Waals surface area (Å²) in [5.74, 6) is 0.295. The van der Waals surface area contributed by atoms with Crippen molar-refractivity contribution in [1.29, 1.82) is 0 Å². The van der Waals surface area contributed by atoms with Gasteiger partial charge in [0.2, 0.25) is 10.0 Å². The van der Waals surface area contributed by atoms with Crippen LogP contribution in [0.25, 0.3) is 0 Å². The van der Waals surface area contributed by atoms with E-state index in [4.69, 9.17) is 0 Å². The summed E-state index contributed by atoms with van der Waals surface area (Å²) in [6.45, 7) is 4.80. The maximum Gasteiger partial charge on any atom is 0.213 e. The Morgan fingerprint density at radius 3 is 1.76 bits per heavy atom. The summed E-state index contributed by atoms with van der Waals surface area (Å²) in [7, 11) is 3.05. The Hall–Kier alpha value is -0.430. The third-order valence-electron chi connectivity index (χ3n) is 6.42. The molecule has 0 spiro atoms. The predicted octanol–water partition coefficient (Wildman–Crippen LogP) is 7.19. The molecule has 0 amide bonds. The fourth-order valence-corrected chi connectivity index (χ4v) is 5.59. The van der Waals surface area contributed by atoms with Gasteiger partial charge < -0.3 is 4.48 Å². The molecule has 0 radical (unpaired) electrons. The molecule has 0 heterocycles. The molecule has 1 rings (SSSR count). The molecule has 0 saturated carbocycles. The third kappa shape index (κ3) is 16.8. The Morgan fingerprint density at radius 2 is 1.24 bits per heavy atom. The molecule has 0 atom stereocenters. The summed E-state index contributed by atoms with van der Waals surface area (Å²) in [5, 5.41) is 0. The van der Waals surface area contributed by atoms with Crippen molar-refractivity contribution >= 4 is 27.0 Å². The van der Waals surface area contributed by atoms with Gasteiger partial charge in [-0.3, -0.25) is 0 Å². The summed E-state index contributed by atoms with van der Waals surface area (Å²) < 4.78 is 27.6. The average Bonchev–Trinajstić information content (AvgIpc) is 2.74. The molecule has 1 aromatic carbocycles. The highest BCUT2D eigenvalue weighted by atomic mass is 79.9. The van der Waals surface area contributed by atoms with Gasteiger partial charge in [0.15, 0.2) is 0 Å².